The molecule has 2 heterocycles. The van der Waals surface area contributed by atoms with E-state index in [1.165, 1.54) is 6.26 Å². The minimum atomic E-state index is -0.921. The van der Waals surface area contributed by atoms with Crippen molar-refractivity contribution in [3.8, 4) is 0 Å². The van der Waals surface area contributed by atoms with E-state index in [2.05, 4.69) is 10.6 Å². The molecule has 1 spiro atoms. The van der Waals surface area contributed by atoms with Gasteiger partial charge in [0.2, 0.25) is 0 Å². The number of ether oxygens (including phenoxy) is 1. The molecule has 9 nitrogen and oxygen atoms in total. The summed E-state index contributed by atoms with van der Waals surface area (Å²) in [4.78, 5) is 49.5. The second kappa shape index (κ2) is 7.81. The summed E-state index contributed by atoms with van der Waals surface area (Å²) in [6.45, 7) is 1.11. The van der Waals surface area contributed by atoms with Crippen LogP contribution in [-0.2, 0) is 25.7 Å². The molecule has 2 N–H and O–H groups in total. The van der Waals surface area contributed by atoms with Crippen LogP contribution < -0.4 is 10.6 Å². The van der Waals surface area contributed by atoms with Crippen LogP contribution in [0.4, 0.5) is 4.79 Å². The quantitative estimate of drug-likeness (QED) is 0.563. The zero-order valence-corrected chi connectivity index (χ0v) is 15.2. The normalized spacial score (nSPS) is 24.8. The lowest BCUT2D eigenvalue weighted by molar-refractivity contribution is -0.151. The summed E-state index contributed by atoms with van der Waals surface area (Å²) in [5.41, 5.74) is -0.921. The van der Waals surface area contributed by atoms with Gasteiger partial charge < -0.3 is 19.8 Å². The number of rotatable bonds is 6. The van der Waals surface area contributed by atoms with Crippen LogP contribution in [-0.4, -0.2) is 47.4 Å². The number of nitrogens with zero attached hydrogens (tertiary/aromatic N) is 1. The Balaban J connectivity index is 1.48. The van der Waals surface area contributed by atoms with Crippen LogP contribution in [0.15, 0.2) is 22.8 Å². The van der Waals surface area contributed by atoms with Crippen molar-refractivity contribution >= 4 is 23.8 Å². The monoisotopic (exact) mass is 377 g/mol. The molecule has 0 bridgehead atoms. The maximum atomic E-state index is 12.8. The minimum absolute atomic E-state index is 0.0103. The van der Waals surface area contributed by atoms with Gasteiger partial charge in [-0.3, -0.25) is 19.3 Å². The van der Waals surface area contributed by atoms with Crippen molar-refractivity contribution in [2.45, 2.75) is 44.7 Å². The second-order valence-corrected chi connectivity index (χ2v) is 6.96. The molecule has 9 heteroatoms. The second-order valence-electron chi connectivity index (χ2n) is 6.96. The SMILES string of the molecule is C[C@H]1CCCC[C@@]12NC(=O)N(CC(=O)OCC(=O)NCc1ccco1)C2=O. The van der Waals surface area contributed by atoms with Gasteiger partial charge in [0.05, 0.1) is 12.8 Å². The largest absolute Gasteiger partial charge is 0.467 e. The van der Waals surface area contributed by atoms with Crippen molar-refractivity contribution in [2.75, 3.05) is 13.2 Å². The predicted molar refractivity (Wildman–Crippen MR) is 92.1 cm³/mol. The predicted octanol–water partition coefficient (Wildman–Crippen LogP) is 0.940. The Morgan fingerprint density at radius 2 is 2.22 bits per heavy atom. The van der Waals surface area contributed by atoms with E-state index in [4.69, 9.17) is 9.15 Å². The van der Waals surface area contributed by atoms with Gasteiger partial charge in [-0.2, -0.15) is 0 Å². The number of hydrogen-bond acceptors (Lipinski definition) is 6. The van der Waals surface area contributed by atoms with Crippen molar-refractivity contribution in [3.63, 3.8) is 0 Å². The molecule has 0 unspecified atom stereocenters. The molecular weight excluding hydrogens is 354 g/mol. The highest BCUT2D eigenvalue weighted by molar-refractivity contribution is 6.09. The fraction of sp³-hybridized carbons (Fsp3) is 0.556. The first kappa shape index (κ1) is 18.9. The third-order valence-electron chi connectivity index (χ3n) is 5.19. The van der Waals surface area contributed by atoms with E-state index >= 15 is 0 Å². The minimum Gasteiger partial charge on any atom is -0.467 e. The van der Waals surface area contributed by atoms with Gasteiger partial charge in [-0.1, -0.05) is 19.8 Å². The molecule has 4 amide bonds. The highest BCUT2D eigenvalue weighted by atomic mass is 16.5. The Labute approximate surface area is 156 Å². The zero-order valence-electron chi connectivity index (χ0n) is 15.2. The van der Waals surface area contributed by atoms with Gasteiger partial charge in [0.25, 0.3) is 11.8 Å². The van der Waals surface area contributed by atoms with Crippen molar-refractivity contribution in [1.82, 2.24) is 15.5 Å². The summed E-state index contributed by atoms with van der Waals surface area (Å²) in [7, 11) is 0. The van der Waals surface area contributed by atoms with E-state index in [1.54, 1.807) is 12.1 Å². The van der Waals surface area contributed by atoms with Crippen LogP contribution in [0.2, 0.25) is 0 Å². The Bertz CT molecular complexity index is 731. The number of hydrogen-bond donors (Lipinski definition) is 2. The van der Waals surface area contributed by atoms with Gasteiger partial charge in [0, 0.05) is 0 Å². The molecule has 1 aliphatic heterocycles. The highest BCUT2D eigenvalue weighted by Crippen LogP contribution is 2.38. The summed E-state index contributed by atoms with van der Waals surface area (Å²) in [6.07, 6.45) is 4.77. The standard InChI is InChI=1S/C18H23N3O6/c1-12-5-2-3-7-18(12)16(24)21(17(25)20-18)10-15(23)27-11-14(22)19-9-13-6-4-8-26-13/h4,6,8,12H,2-3,5,7,9-11H2,1H3,(H,19,22)(H,20,25)/t12-,18+/m0/s1. The maximum Gasteiger partial charge on any atom is 0.326 e. The lowest BCUT2D eigenvalue weighted by atomic mass is 9.73. The third-order valence-corrected chi connectivity index (χ3v) is 5.19. The first-order valence-electron chi connectivity index (χ1n) is 9.01. The van der Waals surface area contributed by atoms with Crippen molar-refractivity contribution < 1.29 is 28.3 Å². The van der Waals surface area contributed by atoms with Gasteiger partial charge in [0.15, 0.2) is 6.61 Å². The summed E-state index contributed by atoms with van der Waals surface area (Å²) in [5.74, 6) is -1.13. The molecule has 0 aromatic carbocycles. The van der Waals surface area contributed by atoms with Crippen LogP contribution in [0.5, 0.6) is 0 Å². The van der Waals surface area contributed by atoms with E-state index in [1.807, 2.05) is 6.92 Å². The van der Waals surface area contributed by atoms with Gasteiger partial charge in [-0.15, -0.1) is 0 Å². The fourth-order valence-corrected chi connectivity index (χ4v) is 3.61. The van der Waals surface area contributed by atoms with Gasteiger partial charge in [-0.05, 0) is 30.9 Å². The molecule has 0 radical (unpaired) electrons. The van der Waals surface area contributed by atoms with E-state index in [0.717, 1.165) is 24.2 Å². The number of nitrogens with one attached hydrogen (secondary N) is 2. The Hall–Kier alpha value is -2.84. The Morgan fingerprint density at radius 1 is 1.41 bits per heavy atom. The number of carbonyl (C=O) groups is 4. The van der Waals surface area contributed by atoms with Crippen LogP contribution in [0.3, 0.4) is 0 Å². The van der Waals surface area contributed by atoms with E-state index < -0.39 is 36.6 Å². The summed E-state index contributed by atoms with van der Waals surface area (Å²) >= 11 is 0. The summed E-state index contributed by atoms with van der Waals surface area (Å²) in [6, 6.07) is 2.80. The van der Waals surface area contributed by atoms with Gasteiger partial charge in [0.1, 0.15) is 17.8 Å². The molecule has 2 fully saturated rings. The molecular formula is C18H23N3O6. The van der Waals surface area contributed by atoms with E-state index in [0.29, 0.717) is 12.2 Å². The molecule has 1 aromatic rings. The highest BCUT2D eigenvalue weighted by Gasteiger charge is 2.55. The number of imide groups is 1. The van der Waals surface area contributed by atoms with Crippen molar-refractivity contribution in [2.24, 2.45) is 5.92 Å². The molecule has 146 valence electrons. The topological polar surface area (TPSA) is 118 Å². The molecule has 2 aliphatic rings. The molecule has 1 aliphatic carbocycles. The Kier molecular flexibility index (Phi) is 5.48. The van der Waals surface area contributed by atoms with Gasteiger partial charge >= 0.3 is 12.0 Å². The van der Waals surface area contributed by atoms with Crippen LogP contribution in [0.1, 0.15) is 38.4 Å². The summed E-state index contributed by atoms with van der Waals surface area (Å²) < 4.78 is 9.95. The lowest BCUT2D eigenvalue weighted by Gasteiger charge is -2.36. The van der Waals surface area contributed by atoms with Crippen LogP contribution in [0.25, 0.3) is 0 Å². The molecule has 3 rings (SSSR count). The number of esters is 1. The first-order valence-corrected chi connectivity index (χ1v) is 9.01. The van der Waals surface area contributed by atoms with Crippen LogP contribution in [0, 0.1) is 5.92 Å². The zero-order chi connectivity index (χ0) is 19.4. The molecule has 1 aromatic heterocycles. The fourth-order valence-electron chi connectivity index (χ4n) is 3.61. The van der Waals surface area contributed by atoms with Crippen molar-refractivity contribution in [3.05, 3.63) is 24.2 Å². The third kappa shape index (κ3) is 3.96. The molecule has 1 saturated heterocycles. The number of furan rings is 1. The first-order chi connectivity index (χ1) is 12.9. The number of amides is 4. The average Bonchev–Trinajstić information content (AvgIpc) is 3.24. The van der Waals surface area contributed by atoms with Crippen molar-refractivity contribution in [1.29, 1.82) is 0 Å². The van der Waals surface area contributed by atoms with Gasteiger partial charge in [-0.25, -0.2) is 4.79 Å². The Morgan fingerprint density at radius 3 is 2.93 bits per heavy atom. The lowest BCUT2D eigenvalue weighted by Crippen LogP contribution is -2.54. The molecule has 2 atom stereocenters. The molecule has 1 saturated carbocycles. The average molecular weight is 377 g/mol. The number of carbonyl (C=O) groups excluding carboxylic acids is 4. The van der Waals surface area contributed by atoms with E-state index in [-0.39, 0.29) is 18.4 Å². The van der Waals surface area contributed by atoms with Crippen LogP contribution >= 0.6 is 0 Å². The number of urea groups is 1. The van der Waals surface area contributed by atoms with E-state index in [9.17, 15) is 19.2 Å². The maximum absolute atomic E-state index is 12.8. The summed E-state index contributed by atoms with van der Waals surface area (Å²) in [5, 5.41) is 5.30. The molecule has 27 heavy (non-hydrogen) atoms. The smallest absolute Gasteiger partial charge is 0.326 e.